The molecule has 0 saturated heterocycles. The van der Waals surface area contributed by atoms with Crippen molar-refractivity contribution in [2.45, 2.75) is 6.61 Å². The minimum Gasteiger partial charge on any atom is -0.487 e. The SMILES string of the molecule is NCC#Cc1cncc(OCc2ccc(Cl)cc2Cl)c1. The van der Waals surface area contributed by atoms with E-state index in [-0.39, 0.29) is 0 Å². The lowest BCUT2D eigenvalue weighted by molar-refractivity contribution is 0.305. The maximum absolute atomic E-state index is 6.08. The maximum Gasteiger partial charge on any atom is 0.139 e. The first-order valence-electron chi connectivity index (χ1n) is 5.90. The summed E-state index contributed by atoms with van der Waals surface area (Å²) in [5, 5.41) is 1.17. The van der Waals surface area contributed by atoms with Crippen molar-refractivity contribution in [2.24, 2.45) is 5.73 Å². The van der Waals surface area contributed by atoms with Crippen LogP contribution in [0.15, 0.2) is 36.7 Å². The molecule has 20 heavy (non-hydrogen) atoms. The summed E-state index contributed by atoms with van der Waals surface area (Å²) in [6.45, 7) is 0.650. The van der Waals surface area contributed by atoms with E-state index < -0.39 is 0 Å². The molecule has 0 bridgehead atoms. The number of benzene rings is 1. The lowest BCUT2D eigenvalue weighted by atomic mass is 10.2. The van der Waals surface area contributed by atoms with Crippen molar-refractivity contribution in [3.63, 3.8) is 0 Å². The average molecular weight is 307 g/mol. The van der Waals surface area contributed by atoms with Gasteiger partial charge in [-0.25, -0.2) is 0 Å². The summed E-state index contributed by atoms with van der Waals surface area (Å²) in [5.74, 6) is 6.29. The molecule has 0 aliphatic carbocycles. The zero-order valence-electron chi connectivity index (χ0n) is 10.6. The molecule has 102 valence electrons. The molecule has 1 heterocycles. The lowest BCUT2D eigenvalue weighted by Gasteiger charge is -2.08. The number of nitrogens with zero attached hydrogens (tertiary/aromatic N) is 1. The number of aromatic nitrogens is 1. The van der Waals surface area contributed by atoms with Gasteiger partial charge in [0.05, 0.1) is 12.7 Å². The second-order valence-electron chi connectivity index (χ2n) is 3.94. The van der Waals surface area contributed by atoms with Gasteiger partial charge in [-0.05, 0) is 18.2 Å². The Hall–Kier alpha value is -1.73. The molecule has 0 saturated carbocycles. The Morgan fingerprint density at radius 2 is 2.05 bits per heavy atom. The predicted octanol–water partition coefficient (Wildman–Crippen LogP) is 3.28. The third kappa shape index (κ3) is 4.14. The van der Waals surface area contributed by atoms with Crippen LogP contribution in [0.2, 0.25) is 10.0 Å². The summed E-state index contributed by atoms with van der Waals surface area (Å²) in [6.07, 6.45) is 3.28. The highest BCUT2D eigenvalue weighted by atomic mass is 35.5. The van der Waals surface area contributed by atoms with Gasteiger partial charge in [0.25, 0.3) is 0 Å². The van der Waals surface area contributed by atoms with Gasteiger partial charge < -0.3 is 10.5 Å². The van der Waals surface area contributed by atoms with E-state index in [0.29, 0.717) is 28.9 Å². The highest BCUT2D eigenvalue weighted by Gasteiger charge is 2.03. The number of nitrogens with two attached hydrogens (primary N) is 1. The van der Waals surface area contributed by atoms with Crippen molar-refractivity contribution in [1.29, 1.82) is 0 Å². The van der Waals surface area contributed by atoms with Crippen LogP contribution in [0.1, 0.15) is 11.1 Å². The number of hydrogen-bond donors (Lipinski definition) is 1. The molecule has 2 aromatic rings. The van der Waals surface area contributed by atoms with E-state index in [0.717, 1.165) is 11.1 Å². The normalized spacial score (nSPS) is 9.75. The third-order valence-electron chi connectivity index (χ3n) is 2.46. The van der Waals surface area contributed by atoms with Crippen LogP contribution in [0.25, 0.3) is 0 Å². The summed E-state index contributed by atoms with van der Waals surface area (Å²) < 4.78 is 5.64. The summed E-state index contributed by atoms with van der Waals surface area (Å²) in [7, 11) is 0. The van der Waals surface area contributed by atoms with E-state index in [9.17, 15) is 0 Å². The molecule has 0 fully saturated rings. The van der Waals surface area contributed by atoms with Crippen molar-refractivity contribution >= 4 is 23.2 Å². The molecular weight excluding hydrogens is 295 g/mol. The smallest absolute Gasteiger partial charge is 0.139 e. The second kappa shape index (κ2) is 7.16. The van der Waals surface area contributed by atoms with Gasteiger partial charge >= 0.3 is 0 Å². The first-order chi connectivity index (χ1) is 9.69. The number of halogens is 2. The van der Waals surface area contributed by atoms with Gasteiger partial charge in [-0.2, -0.15) is 0 Å². The third-order valence-corrected chi connectivity index (χ3v) is 3.04. The molecule has 0 unspecified atom stereocenters. The minimum absolute atomic E-state index is 0.311. The molecule has 0 spiro atoms. The molecule has 0 aliphatic heterocycles. The molecule has 0 radical (unpaired) electrons. The van der Waals surface area contributed by atoms with Gasteiger partial charge in [0, 0.05) is 27.4 Å². The highest BCUT2D eigenvalue weighted by Crippen LogP contribution is 2.22. The van der Waals surface area contributed by atoms with Crippen molar-refractivity contribution in [3.8, 4) is 17.6 Å². The first-order valence-corrected chi connectivity index (χ1v) is 6.65. The van der Waals surface area contributed by atoms with Crippen molar-refractivity contribution in [1.82, 2.24) is 4.98 Å². The Kier molecular flexibility index (Phi) is 5.25. The van der Waals surface area contributed by atoms with Crippen LogP contribution in [-0.2, 0) is 6.61 Å². The number of pyridine rings is 1. The molecule has 2 rings (SSSR count). The Balaban J connectivity index is 2.07. The summed E-state index contributed by atoms with van der Waals surface area (Å²) in [5.41, 5.74) is 6.94. The molecule has 0 aliphatic rings. The van der Waals surface area contributed by atoms with Gasteiger partial charge in [0.15, 0.2) is 0 Å². The van der Waals surface area contributed by atoms with Gasteiger partial charge in [-0.15, -0.1) is 0 Å². The quantitative estimate of drug-likeness (QED) is 0.885. The summed E-state index contributed by atoms with van der Waals surface area (Å²) in [6, 6.07) is 7.09. The molecule has 0 atom stereocenters. The molecule has 1 aromatic carbocycles. The Morgan fingerprint density at radius 1 is 1.20 bits per heavy atom. The van der Waals surface area contributed by atoms with Gasteiger partial charge in [0.1, 0.15) is 12.4 Å². The van der Waals surface area contributed by atoms with Crippen LogP contribution >= 0.6 is 23.2 Å². The largest absolute Gasteiger partial charge is 0.487 e. The standard InChI is InChI=1S/C15H12Cl2N2O/c16-13-4-3-12(15(17)7-13)10-20-14-6-11(2-1-5-18)8-19-9-14/h3-4,6-9H,5,10,18H2. The fourth-order valence-corrected chi connectivity index (χ4v) is 1.98. The number of ether oxygens (including phenoxy) is 1. The zero-order valence-corrected chi connectivity index (χ0v) is 12.1. The van der Waals surface area contributed by atoms with E-state index in [2.05, 4.69) is 16.8 Å². The molecule has 0 amide bonds. The van der Waals surface area contributed by atoms with E-state index >= 15 is 0 Å². The van der Waals surface area contributed by atoms with E-state index in [4.69, 9.17) is 33.7 Å². The Morgan fingerprint density at radius 3 is 2.80 bits per heavy atom. The summed E-state index contributed by atoms with van der Waals surface area (Å²) >= 11 is 11.9. The molecule has 3 nitrogen and oxygen atoms in total. The zero-order chi connectivity index (χ0) is 14.4. The van der Waals surface area contributed by atoms with Gasteiger partial charge in [-0.1, -0.05) is 41.1 Å². The highest BCUT2D eigenvalue weighted by molar-refractivity contribution is 6.35. The monoisotopic (exact) mass is 306 g/mol. The number of rotatable bonds is 3. The second-order valence-corrected chi connectivity index (χ2v) is 4.78. The average Bonchev–Trinajstić information content (AvgIpc) is 2.45. The van der Waals surface area contributed by atoms with Crippen LogP contribution < -0.4 is 10.5 Å². The first kappa shape index (κ1) is 14.7. The van der Waals surface area contributed by atoms with Crippen LogP contribution in [0, 0.1) is 11.8 Å². The van der Waals surface area contributed by atoms with E-state index in [1.165, 1.54) is 0 Å². The van der Waals surface area contributed by atoms with Crippen LogP contribution in [0.4, 0.5) is 0 Å². The van der Waals surface area contributed by atoms with Crippen molar-refractivity contribution in [2.75, 3.05) is 6.54 Å². The Bertz CT molecular complexity index is 662. The van der Waals surface area contributed by atoms with Crippen LogP contribution in [-0.4, -0.2) is 11.5 Å². The molecule has 1 aromatic heterocycles. The van der Waals surface area contributed by atoms with Gasteiger partial charge in [0.2, 0.25) is 0 Å². The van der Waals surface area contributed by atoms with E-state index in [1.807, 2.05) is 6.07 Å². The topological polar surface area (TPSA) is 48.1 Å². The number of hydrogen-bond acceptors (Lipinski definition) is 3. The van der Waals surface area contributed by atoms with Crippen molar-refractivity contribution in [3.05, 3.63) is 57.8 Å². The molecule has 5 heteroatoms. The molecular formula is C15H12Cl2N2O. The predicted molar refractivity (Wildman–Crippen MR) is 81.0 cm³/mol. The van der Waals surface area contributed by atoms with Crippen LogP contribution in [0.3, 0.4) is 0 Å². The Labute approximate surface area is 127 Å². The van der Waals surface area contributed by atoms with Gasteiger partial charge in [-0.3, -0.25) is 4.98 Å². The maximum atomic E-state index is 6.08. The minimum atomic E-state index is 0.311. The van der Waals surface area contributed by atoms with E-state index in [1.54, 1.807) is 30.6 Å². The van der Waals surface area contributed by atoms with Crippen molar-refractivity contribution < 1.29 is 4.74 Å². The fraction of sp³-hybridized carbons (Fsp3) is 0.133. The fourth-order valence-electron chi connectivity index (χ4n) is 1.52. The summed E-state index contributed by atoms with van der Waals surface area (Å²) in [4.78, 5) is 4.06. The van der Waals surface area contributed by atoms with Crippen LogP contribution in [0.5, 0.6) is 5.75 Å². The molecule has 2 N–H and O–H groups in total. The lowest BCUT2D eigenvalue weighted by Crippen LogP contribution is -1.97.